The van der Waals surface area contributed by atoms with E-state index in [0.29, 0.717) is 26.3 Å². The summed E-state index contributed by atoms with van der Waals surface area (Å²) in [5.41, 5.74) is 0.213. The number of amides is 3. The molecule has 1 atom stereocenters. The summed E-state index contributed by atoms with van der Waals surface area (Å²) in [6.07, 6.45) is 0. The molecule has 9 heteroatoms. The first-order chi connectivity index (χ1) is 12.0. The number of alkyl halides is 1. The molecule has 0 aromatic heterocycles. The molecule has 7 nitrogen and oxygen atoms in total. The quantitative estimate of drug-likeness (QED) is 0.696. The molecule has 0 saturated carbocycles. The van der Waals surface area contributed by atoms with Crippen LogP contribution < -0.4 is 10.6 Å². The lowest BCUT2D eigenvalue weighted by Gasteiger charge is -2.30. The van der Waals surface area contributed by atoms with Crippen LogP contribution in [0.5, 0.6) is 0 Å². The van der Waals surface area contributed by atoms with Crippen LogP contribution in [0.2, 0.25) is 0 Å². The lowest BCUT2D eigenvalue weighted by molar-refractivity contribution is -0.137. The second-order valence-corrected chi connectivity index (χ2v) is 5.68. The van der Waals surface area contributed by atoms with Crippen molar-refractivity contribution < 1.29 is 23.5 Å². The van der Waals surface area contributed by atoms with Crippen LogP contribution in [0.1, 0.15) is 10.4 Å². The van der Waals surface area contributed by atoms with Crippen LogP contribution in [0.4, 0.5) is 4.39 Å². The van der Waals surface area contributed by atoms with E-state index in [-0.39, 0.29) is 23.9 Å². The lowest BCUT2D eigenvalue weighted by Crippen LogP contribution is -2.55. The van der Waals surface area contributed by atoms with Crippen molar-refractivity contribution in [1.29, 1.82) is 0 Å². The van der Waals surface area contributed by atoms with Crippen LogP contribution in [0, 0.1) is 5.82 Å². The Kier molecular flexibility index (Phi) is 7.15. The highest BCUT2D eigenvalue weighted by atomic mass is 35.5. The summed E-state index contributed by atoms with van der Waals surface area (Å²) in [7, 11) is 0. The number of halogens is 2. The number of benzene rings is 1. The normalized spacial score (nSPS) is 15.4. The molecule has 3 amide bonds. The largest absolute Gasteiger partial charge is 0.378 e. The molecule has 1 aliphatic rings. The zero-order chi connectivity index (χ0) is 18.2. The number of hydrogen-bond acceptors (Lipinski definition) is 4. The molecular formula is C16H19ClFN3O4. The van der Waals surface area contributed by atoms with Gasteiger partial charge in [-0.2, -0.15) is 0 Å². The van der Waals surface area contributed by atoms with Crippen LogP contribution in [0.15, 0.2) is 24.3 Å². The van der Waals surface area contributed by atoms with Gasteiger partial charge >= 0.3 is 0 Å². The fourth-order valence-electron chi connectivity index (χ4n) is 2.31. The molecule has 2 rings (SSSR count). The third-order valence-corrected chi connectivity index (χ3v) is 3.90. The van der Waals surface area contributed by atoms with Gasteiger partial charge in [0.15, 0.2) is 0 Å². The fourth-order valence-corrected chi connectivity index (χ4v) is 2.40. The summed E-state index contributed by atoms with van der Waals surface area (Å²) in [5.74, 6) is -2.02. The van der Waals surface area contributed by atoms with Crippen LogP contribution in [-0.2, 0) is 14.3 Å². The summed E-state index contributed by atoms with van der Waals surface area (Å²) >= 11 is 5.43. The summed E-state index contributed by atoms with van der Waals surface area (Å²) in [6, 6.07) is 3.99. The molecule has 136 valence electrons. The van der Waals surface area contributed by atoms with E-state index in [2.05, 4.69) is 10.6 Å². The van der Waals surface area contributed by atoms with E-state index in [0.717, 1.165) is 12.1 Å². The molecule has 1 aromatic rings. The average molecular weight is 372 g/mol. The van der Waals surface area contributed by atoms with Gasteiger partial charge in [0.25, 0.3) is 5.91 Å². The highest BCUT2D eigenvalue weighted by molar-refractivity contribution is 6.27. The Labute approximate surface area is 149 Å². The van der Waals surface area contributed by atoms with E-state index in [1.165, 1.54) is 12.1 Å². The van der Waals surface area contributed by atoms with E-state index in [1.807, 2.05) is 0 Å². The van der Waals surface area contributed by atoms with Crippen molar-refractivity contribution in [3.63, 3.8) is 0 Å². The van der Waals surface area contributed by atoms with E-state index >= 15 is 0 Å². The molecule has 1 fully saturated rings. The van der Waals surface area contributed by atoms with Crippen molar-refractivity contribution >= 4 is 29.3 Å². The fraction of sp³-hybridized carbons (Fsp3) is 0.438. The minimum atomic E-state index is -0.956. The Hall–Kier alpha value is -2.19. The Morgan fingerprint density at radius 2 is 1.84 bits per heavy atom. The Morgan fingerprint density at radius 3 is 2.44 bits per heavy atom. The van der Waals surface area contributed by atoms with Gasteiger partial charge in [-0.05, 0) is 24.3 Å². The monoisotopic (exact) mass is 371 g/mol. The Balaban J connectivity index is 2.06. The van der Waals surface area contributed by atoms with Crippen molar-refractivity contribution in [3.8, 4) is 0 Å². The predicted molar refractivity (Wildman–Crippen MR) is 88.8 cm³/mol. The topological polar surface area (TPSA) is 87.7 Å². The molecular weight excluding hydrogens is 353 g/mol. The zero-order valence-corrected chi connectivity index (χ0v) is 14.2. The number of hydrogen-bond donors (Lipinski definition) is 2. The standard InChI is InChI=1S/C16H19ClFN3O4/c17-9-14(22)19-10-13(16(24)21-5-7-25-8-6-21)20-15(23)11-1-3-12(18)4-2-11/h1-4,13H,5-10H2,(H,19,22)(H,20,23). The Bertz CT molecular complexity index is 620. The molecule has 1 unspecified atom stereocenters. The van der Waals surface area contributed by atoms with Crippen molar-refractivity contribution in [2.45, 2.75) is 6.04 Å². The minimum Gasteiger partial charge on any atom is -0.378 e. The highest BCUT2D eigenvalue weighted by Crippen LogP contribution is 2.05. The summed E-state index contributed by atoms with van der Waals surface area (Å²) < 4.78 is 18.2. The first-order valence-electron chi connectivity index (χ1n) is 7.77. The van der Waals surface area contributed by atoms with Gasteiger partial charge in [-0.1, -0.05) is 0 Å². The molecule has 0 radical (unpaired) electrons. The molecule has 1 aromatic carbocycles. The smallest absolute Gasteiger partial charge is 0.251 e. The molecule has 2 N–H and O–H groups in total. The average Bonchev–Trinajstić information content (AvgIpc) is 2.65. The van der Waals surface area contributed by atoms with Crippen LogP contribution in [-0.4, -0.2) is 67.4 Å². The van der Waals surface area contributed by atoms with Gasteiger partial charge in [-0.25, -0.2) is 4.39 Å². The predicted octanol–water partition coefficient (Wildman–Crippen LogP) is 0.138. The van der Waals surface area contributed by atoms with Crippen LogP contribution in [0.25, 0.3) is 0 Å². The van der Waals surface area contributed by atoms with Crippen molar-refractivity contribution in [2.24, 2.45) is 0 Å². The van der Waals surface area contributed by atoms with Gasteiger partial charge in [0, 0.05) is 25.2 Å². The van der Waals surface area contributed by atoms with Gasteiger partial charge in [-0.3, -0.25) is 14.4 Å². The maximum absolute atomic E-state index is 13.0. The number of nitrogens with zero attached hydrogens (tertiary/aromatic N) is 1. The SMILES string of the molecule is O=C(CCl)NCC(NC(=O)c1ccc(F)cc1)C(=O)N1CCOCC1. The van der Waals surface area contributed by atoms with Gasteiger partial charge in [0.2, 0.25) is 11.8 Å². The molecule has 25 heavy (non-hydrogen) atoms. The zero-order valence-electron chi connectivity index (χ0n) is 13.5. The summed E-state index contributed by atoms with van der Waals surface area (Å²) in [6.45, 7) is 1.56. The number of ether oxygens (including phenoxy) is 1. The number of carbonyl (C=O) groups is 3. The number of morpholine rings is 1. The maximum Gasteiger partial charge on any atom is 0.251 e. The van der Waals surface area contributed by atoms with Crippen LogP contribution in [0.3, 0.4) is 0 Å². The van der Waals surface area contributed by atoms with E-state index in [9.17, 15) is 18.8 Å². The lowest BCUT2D eigenvalue weighted by atomic mass is 10.1. The van der Waals surface area contributed by atoms with Gasteiger partial charge in [0.1, 0.15) is 17.7 Å². The number of nitrogens with one attached hydrogen (secondary N) is 2. The van der Waals surface area contributed by atoms with E-state index in [4.69, 9.17) is 16.3 Å². The first kappa shape index (κ1) is 19.1. The first-order valence-corrected chi connectivity index (χ1v) is 8.30. The second-order valence-electron chi connectivity index (χ2n) is 5.41. The second kappa shape index (κ2) is 9.33. The molecule has 1 aliphatic heterocycles. The molecule has 0 bridgehead atoms. The summed E-state index contributed by atoms with van der Waals surface area (Å²) in [5, 5.41) is 5.07. The van der Waals surface area contributed by atoms with E-state index in [1.54, 1.807) is 4.90 Å². The maximum atomic E-state index is 13.0. The summed E-state index contributed by atoms with van der Waals surface area (Å²) in [4.78, 5) is 37.9. The highest BCUT2D eigenvalue weighted by Gasteiger charge is 2.27. The van der Waals surface area contributed by atoms with Gasteiger partial charge in [-0.15, -0.1) is 11.6 Å². The molecule has 0 aliphatic carbocycles. The third-order valence-electron chi connectivity index (χ3n) is 3.66. The van der Waals surface area contributed by atoms with E-state index < -0.39 is 23.7 Å². The van der Waals surface area contributed by atoms with Gasteiger partial charge < -0.3 is 20.3 Å². The minimum absolute atomic E-state index is 0.0886. The molecule has 0 spiro atoms. The van der Waals surface area contributed by atoms with Crippen LogP contribution >= 0.6 is 11.6 Å². The number of rotatable bonds is 6. The van der Waals surface area contributed by atoms with Gasteiger partial charge in [0.05, 0.1) is 13.2 Å². The molecule has 1 saturated heterocycles. The third kappa shape index (κ3) is 5.68. The van der Waals surface area contributed by atoms with Crippen molar-refractivity contribution in [3.05, 3.63) is 35.6 Å². The molecule has 1 heterocycles. The Morgan fingerprint density at radius 1 is 1.20 bits per heavy atom. The number of carbonyl (C=O) groups excluding carboxylic acids is 3. The van der Waals surface area contributed by atoms with Crippen molar-refractivity contribution in [1.82, 2.24) is 15.5 Å². The van der Waals surface area contributed by atoms with Crippen molar-refractivity contribution in [2.75, 3.05) is 38.7 Å².